The Kier molecular flexibility index (Phi) is 3.88. The van der Waals surface area contributed by atoms with Gasteiger partial charge < -0.3 is 0 Å². The predicted octanol–water partition coefficient (Wildman–Crippen LogP) is 3.82. The minimum Gasteiger partial charge on any atom is -0.287 e. The Hall–Kier alpha value is -2.67. The smallest absolute Gasteiger partial charge is 0.185 e. The number of halogens is 1. The molecule has 0 fully saturated rings. The van der Waals surface area contributed by atoms with Crippen molar-refractivity contribution in [3.05, 3.63) is 71.0 Å². The van der Waals surface area contributed by atoms with E-state index >= 15 is 0 Å². The van der Waals surface area contributed by atoms with Gasteiger partial charge in [0.25, 0.3) is 0 Å². The minimum absolute atomic E-state index is 0.111. The van der Waals surface area contributed by atoms with E-state index < -0.39 is 0 Å². The van der Waals surface area contributed by atoms with E-state index in [2.05, 4.69) is 12.3 Å². The lowest BCUT2D eigenvalue weighted by atomic mass is 10.1. The second-order valence-electron chi connectivity index (χ2n) is 5.44. The number of rotatable bonds is 3. The van der Waals surface area contributed by atoms with Crippen molar-refractivity contribution in [2.75, 3.05) is 0 Å². The Morgan fingerprint density at radius 2 is 1.95 bits per heavy atom. The molecule has 2 aromatic carbocycles. The fourth-order valence-electron chi connectivity index (χ4n) is 3.03. The van der Waals surface area contributed by atoms with E-state index in [1.807, 2.05) is 18.2 Å². The Morgan fingerprint density at radius 1 is 1.23 bits per heavy atom. The SMILES string of the molecule is N#CN(C(=N)Cc1ccccc1F)[C@H]1CCc2ccccc21. The maximum atomic E-state index is 13.7. The topological polar surface area (TPSA) is 50.9 Å². The van der Waals surface area contributed by atoms with Gasteiger partial charge in [0.15, 0.2) is 6.19 Å². The van der Waals surface area contributed by atoms with Crippen molar-refractivity contribution in [2.24, 2.45) is 0 Å². The van der Waals surface area contributed by atoms with Crippen molar-refractivity contribution in [1.82, 2.24) is 4.90 Å². The molecule has 0 aromatic heterocycles. The van der Waals surface area contributed by atoms with Gasteiger partial charge in [0, 0.05) is 6.42 Å². The number of hydrogen-bond acceptors (Lipinski definition) is 2. The highest BCUT2D eigenvalue weighted by Gasteiger charge is 2.29. The van der Waals surface area contributed by atoms with E-state index in [0.29, 0.717) is 5.56 Å². The van der Waals surface area contributed by atoms with Gasteiger partial charge in [-0.2, -0.15) is 5.26 Å². The van der Waals surface area contributed by atoms with Crippen molar-refractivity contribution < 1.29 is 4.39 Å². The average molecular weight is 293 g/mol. The summed E-state index contributed by atoms with van der Waals surface area (Å²) in [7, 11) is 0. The zero-order valence-corrected chi connectivity index (χ0v) is 12.1. The third-order valence-corrected chi connectivity index (χ3v) is 4.13. The molecule has 4 heteroatoms. The molecule has 110 valence electrons. The summed E-state index contributed by atoms with van der Waals surface area (Å²) in [6, 6.07) is 14.3. The monoisotopic (exact) mass is 293 g/mol. The van der Waals surface area contributed by atoms with E-state index in [0.717, 1.165) is 18.4 Å². The largest absolute Gasteiger partial charge is 0.287 e. The molecule has 1 N–H and O–H groups in total. The first kappa shape index (κ1) is 14.3. The third kappa shape index (κ3) is 2.58. The molecule has 0 saturated carbocycles. The molecule has 2 aromatic rings. The van der Waals surface area contributed by atoms with Gasteiger partial charge >= 0.3 is 0 Å². The molecule has 0 amide bonds. The molecular weight excluding hydrogens is 277 g/mol. The molecule has 3 nitrogen and oxygen atoms in total. The van der Waals surface area contributed by atoms with Crippen LogP contribution >= 0.6 is 0 Å². The molecule has 3 rings (SSSR count). The van der Waals surface area contributed by atoms with Gasteiger partial charge in [-0.3, -0.25) is 10.3 Å². The predicted molar refractivity (Wildman–Crippen MR) is 82.8 cm³/mol. The van der Waals surface area contributed by atoms with Crippen LogP contribution in [-0.2, 0) is 12.8 Å². The Morgan fingerprint density at radius 3 is 2.73 bits per heavy atom. The molecule has 0 aliphatic heterocycles. The molecule has 0 bridgehead atoms. The van der Waals surface area contributed by atoms with Gasteiger partial charge in [0.2, 0.25) is 0 Å². The van der Waals surface area contributed by atoms with Crippen LogP contribution in [0.3, 0.4) is 0 Å². The molecule has 0 radical (unpaired) electrons. The normalized spacial score (nSPS) is 15.9. The number of aryl methyl sites for hydroxylation is 1. The maximum Gasteiger partial charge on any atom is 0.185 e. The highest BCUT2D eigenvalue weighted by atomic mass is 19.1. The Labute approximate surface area is 129 Å². The molecular formula is C18H16FN3. The minimum atomic E-state index is -0.336. The molecule has 0 unspecified atom stereocenters. The van der Waals surface area contributed by atoms with Crippen LogP contribution in [0, 0.1) is 22.7 Å². The summed E-state index contributed by atoms with van der Waals surface area (Å²) in [5.41, 5.74) is 2.77. The van der Waals surface area contributed by atoms with Crippen LogP contribution in [0.2, 0.25) is 0 Å². The fraction of sp³-hybridized carbons (Fsp3) is 0.222. The lowest BCUT2D eigenvalue weighted by Crippen LogP contribution is -2.30. The lowest BCUT2D eigenvalue weighted by molar-refractivity contribution is 0.415. The summed E-state index contributed by atoms with van der Waals surface area (Å²) in [5.74, 6) is -0.203. The Bertz CT molecular complexity index is 748. The molecule has 1 aliphatic carbocycles. The quantitative estimate of drug-likeness (QED) is 0.405. The fourth-order valence-corrected chi connectivity index (χ4v) is 3.03. The lowest BCUT2D eigenvalue weighted by Gasteiger charge is -2.24. The van der Waals surface area contributed by atoms with Crippen LogP contribution in [0.1, 0.15) is 29.2 Å². The highest BCUT2D eigenvalue weighted by Crippen LogP contribution is 2.35. The van der Waals surface area contributed by atoms with E-state index in [9.17, 15) is 9.65 Å². The number of nitrogens with zero attached hydrogens (tertiary/aromatic N) is 2. The second-order valence-corrected chi connectivity index (χ2v) is 5.44. The van der Waals surface area contributed by atoms with Crippen LogP contribution < -0.4 is 0 Å². The first-order valence-electron chi connectivity index (χ1n) is 7.28. The standard InChI is InChI=1S/C18H16FN3/c19-16-8-4-2-6-14(16)11-18(21)22(12-20)17-10-9-13-5-1-3-7-15(13)17/h1-8,17,21H,9-11H2/t17-/m0/s1. The van der Waals surface area contributed by atoms with Crippen LogP contribution in [0.15, 0.2) is 48.5 Å². The number of fused-ring (bicyclic) bond motifs is 1. The van der Waals surface area contributed by atoms with E-state index in [1.165, 1.54) is 16.5 Å². The van der Waals surface area contributed by atoms with Gasteiger partial charge in [-0.1, -0.05) is 42.5 Å². The third-order valence-electron chi connectivity index (χ3n) is 4.13. The maximum absolute atomic E-state index is 13.7. The summed E-state index contributed by atoms with van der Waals surface area (Å²) in [4.78, 5) is 1.41. The number of benzene rings is 2. The molecule has 0 spiro atoms. The summed E-state index contributed by atoms with van der Waals surface area (Å²) < 4.78 is 13.7. The van der Waals surface area contributed by atoms with E-state index in [-0.39, 0.29) is 24.1 Å². The van der Waals surface area contributed by atoms with Crippen LogP contribution in [0.5, 0.6) is 0 Å². The first-order chi connectivity index (χ1) is 10.7. The Balaban J connectivity index is 1.82. The number of amidine groups is 1. The summed E-state index contributed by atoms with van der Waals surface area (Å²) in [6.07, 6.45) is 3.96. The second kappa shape index (κ2) is 5.98. The number of nitriles is 1. The molecule has 0 saturated heterocycles. The van der Waals surface area contributed by atoms with Gasteiger partial charge in [0.05, 0.1) is 6.04 Å². The van der Waals surface area contributed by atoms with Crippen molar-refractivity contribution >= 4 is 5.84 Å². The zero-order chi connectivity index (χ0) is 15.5. The van der Waals surface area contributed by atoms with Crippen LogP contribution in [0.4, 0.5) is 4.39 Å². The van der Waals surface area contributed by atoms with E-state index in [4.69, 9.17) is 5.41 Å². The molecule has 1 atom stereocenters. The van der Waals surface area contributed by atoms with Crippen molar-refractivity contribution in [1.29, 1.82) is 10.7 Å². The first-order valence-corrected chi connectivity index (χ1v) is 7.28. The number of nitrogens with one attached hydrogen (secondary N) is 1. The van der Waals surface area contributed by atoms with Gasteiger partial charge in [-0.25, -0.2) is 4.39 Å². The average Bonchev–Trinajstić information content (AvgIpc) is 2.95. The summed E-state index contributed by atoms with van der Waals surface area (Å²) in [6.45, 7) is 0. The van der Waals surface area contributed by atoms with Crippen molar-refractivity contribution in [2.45, 2.75) is 25.3 Å². The van der Waals surface area contributed by atoms with Crippen LogP contribution in [-0.4, -0.2) is 10.7 Å². The highest BCUT2D eigenvalue weighted by molar-refractivity contribution is 5.83. The van der Waals surface area contributed by atoms with Gasteiger partial charge in [-0.05, 0) is 35.6 Å². The van der Waals surface area contributed by atoms with Crippen molar-refractivity contribution in [3.8, 4) is 6.19 Å². The van der Waals surface area contributed by atoms with Gasteiger partial charge in [-0.15, -0.1) is 0 Å². The number of hydrogen-bond donors (Lipinski definition) is 1. The molecule has 22 heavy (non-hydrogen) atoms. The van der Waals surface area contributed by atoms with Crippen molar-refractivity contribution in [3.63, 3.8) is 0 Å². The zero-order valence-electron chi connectivity index (χ0n) is 12.1. The summed E-state index contributed by atoms with van der Waals surface area (Å²) in [5, 5.41) is 17.7. The molecule has 1 aliphatic rings. The van der Waals surface area contributed by atoms with Gasteiger partial charge in [0.1, 0.15) is 11.7 Å². The van der Waals surface area contributed by atoms with Crippen LogP contribution in [0.25, 0.3) is 0 Å². The van der Waals surface area contributed by atoms with E-state index in [1.54, 1.807) is 18.2 Å². The molecule has 0 heterocycles. The summed E-state index contributed by atoms with van der Waals surface area (Å²) >= 11 is 0.